The van der Waals surface area contributed by atoms with E-state index in [-0.39, 0.29) is 3.98 Å². The third kappa shape index (κ3) is 11.4. The number of carbonyl (C=O) groups is 1. The number of unbranched alkanes of at least 4 members (excludes halogenated alkanes) is 2. The van der Waals surface area contributed by atoms with Gasteiger partial charge in [0.2, 0.25) is 0 Å². The Morgan fingerprint density at radius 3 is 2.46 bits per heavy atom. The number of aliphatic hydroxyl groups is 2. The molecule has 0 atom stereocenters. The molecule has 4 nitrogen and oxygen atoms in total. The fourth-order valence-electron chi connectivity index (χ4n) is 2.56. The van der Waals surface area contributed by atoms with Crippen LogP contribution in [-0.2, 0) is 11.2 Å². The zero-order valence-corrected chi connectivity index (χ0v) is 18.7. The minimum Gasteiger partial charge on any atom is -0.366 e. The van der Waals surface area contributed by atoms with E-state index in [1.807, 2.05) is 24.3 Å². The van der Waals surface area contributed by atoms with E-state index in [0.29, 0.717) is 19.4 Å². The van der Waals surface area contributed by atoms with Crippen molar-refractivity contribution < 1.29 is 19.7 Å². The minimum absolute atomic E-state index is 0.0663. The van der Waals surface area contributed by atoms with E-state index in [2.05, 4.69) is 6.92 Å². The van der Waals surface area contributed by atoms with Crippen molar-refractivity contribution >= 4 is 36.8 Å². The molecule has 1 fully saturated rings. The Hall–Kier alpha value is -0.370. The monoisotopic (exact) mass is 498 g/mol. The number of alkyl halides is 1. The molecule has 0 bridgehead atoms. The van der Waals surface area contributed by atoms with Gasteiger partial charge in [0.25, 0.3) is 0 Å². The van der Waals surface area contributed by atoms with Gasteiger partial charge in [-0.3, -0.25) is 0 Å². The zero-order chi connectivity index (χ0) is 19.3. The molecule has 1 aromatic carbocycles. The summed E-state index contributed by atoms with van der Waals surface area (Å²) in [5.74, 6) is -1.31. The Balaban J connectivity index is 0.000000401. The van der Waals surface area contributed by atoms with E-state index in [9.17, 15) is 4.79 Å². The van der Waals surface area contributed by atoms with E-state index in [1.165, 1.54) is 5.56 Å². The van der Waals surface area contributed by atoms with Gasteiger partial charge in [-0.25, -0.2) is 0 Å². The molecule has 1 aliphatic rings. The first-order valence-electron chi connectivity index (χ1n) is 9.42. The topological polar surface area (TPSA) is 66.8 Å². The van der Waals surface area contributed by atoms with Crippen molar-refractivity contribution in [3.8, 4) is 0 Å². The molecule has 26 heavy (non-hydrogen) atoms. The van der Waals surface area contributed by atoms with Crippen molar-refractivity contribution in [3.63, 3.8) is 0 Å². The van der Waals surface area contributed by atoms with Crippen LogP contribution in [0, 0.1) is 0 Å². The average molecular weight is 499 g/mol. The van der Waals surface area contributed by atoms with Crippen LogP contribution < -0.4 is 0 Å². The van der Waals surface area contributed by atoms with Gasteiger partial charge in [-0.1, -0.05) is 0 Å². The predicted octanol–water partition coefficient (Wildman–Crippen LogP) is 5.54. The van der Waals surface area contributed by atoms with Gasteiger partial charge in [0.05, 0.1) is 0 Å². The Bertz CT molecular complexity index is 514. The van der Waals surface area contributed by atoms with Crippen LogP contribution >= 0.6 is 32.8 Å². The number of carbonyl (C=O) groups excluding carboxylic acids is 1. The first-order chi connectivity index (χ1) is 12.4. The van der Waals surface area contributed by atoms with Gasteiger partial charge in [0.1, 0.15) is 0 Å². The number of aryl methyl sites for hydroxylation is 1. The average Bonchev–Trinajstić information content (AvgIpc) is 3.01. The second-order valence-electron chi connectivity index (χ2n) is 6.54. The SMILES string of the molecule is CCCC[IH]C(=O)OCCCCc1ccccc1Cl.OC1(O)CCCC1. The van der Waals surface area contributed by atoms with E-state index in [0.717, 1.165) is 54.4 Å². The maximum Gasteiger partial charge on any atom is 0.162 e. The summed E-state index contributed by atoms with van der Waals surface area (Å²) in [4.78, 5) is 11.4. The molecule has 1 aromatic rings. The van der Waals surface area contributed by atoms with Gasteiger partial charge in [0.15, 0.2) is 5.79 Å². The number of rotatable bonds is 9. The number of benzene rings is 1. The van der Waals surface area contributed by atoms with E-state index in [4.69, 9.17) is 26.6 Å². The molecule has 1 aliphatic carbocycles. The van der Waals surface area contributed by atoms with Gasteiger partial charge < -0.3 is 10.2 Å². The van der Waals surface area contributed by atoms with Gasteiger partial charge >= 0.3 is 131 Å². The predicted molar refractivity (Wildman–Crippen MR) is 117 cm³/mol. The molecule has 0 aliphatic heterocycles. The normalized spacial score (nSPS) is 15.4. The van der Waals surface area contributed by atoms with Gasteiger partial charge in [0, 0.05) is 12.8 Å². The molecule has 0 radical (unpaired) electrons. The molecule has 2 rings (SSSR count). The molecule has 0 heterocycles. The molecule has 6 heteroatoms. The van der Waals surface area contributed by atoms with Crippen LogP contribution in [0.15, 0.2) is 24.3 Å². The molecular formula is C20H32ClIO4. The number of halogens is 2. The van der Waals surface area contributed by atoms with Gasteiger partial charge in [-0.2, -0.15) is 0 Å². The Kier molecular flexibility index (Phi) is 12.5. The largest absolute Gasteiger partial charge is 0.366 e. The fraction of sp³-hybridized carbons (Fsp3) is 0.650. The van der Waals surface area contributed by atoms with Crippen molar-refractivity contribution in [2.45, 2.75) is 70.5 Å². The second kappa shape index (κ2) is 13.7. The molecule has 0 unspecified atom stereocenters. The number of ether oxygens (including phenoxy) is 1. The number of hydrogen-bond acceptors (Lipinski definition) is 4. The quantitative estimate of drug-likeness (QED) is 0.154. The molecule has 2 N–H and O–H groups in total. The van der Waals surface area contributed by atoms with Crippen LogP contribution in [0.4, 0.5) is 4.79 Å². The third-order valence-electron chi connectivity index (χ3n) is 4.14. The summed E-state index contributed by atoms with van der Waals surface area (Å²) in [5.41, 5.74) is 1.17. The fourth-order valence-corrected chi connectivity index (χ4v) is 4.97. The van der Waals surface area contributed by atoms with Gasteiger partial charge in [-0.15, -0.1) is 0 Å². The van der Waals surface area contributed by atoms with E-state index >= 15 is 0 Å². The van der Waals surface area contributed by atoms with Gasteiger partial charge in [-0.05, 0) is 12.8 Å². The van der Waals surface area contributed by atoms with Crippen LogP contribution in [-0.4, -0.2) is 31.0 Å². The Morgan fingerprint density at radius 2 is 1.88 bits per heavy atom. The van der Waals surface area contributed by atoms with Crippen LogP contribution in [0.3, 0.4) is 0 Å². The third-order valence-corrected chi connectivity index (χ3v) is 6.92. The molecule has 0 spiro atoms. The maximum atomic E-state index is 11.4. The molecular weight excluding hydrogens is 467 g/mol. The van der Waals surface area contributed by atoms with Crippen molar-refractivity contribution in [1.82, 2.24) is 0 Å². The van der Waals surface area contributed by atoms with E-state index in [1.54, 1.807) is 0 Å². The summed E-state index contributed by atoms with van der Waals surface area (Å²) in [5, 5.41) is 18.3. The summed E-state index contributed by atoms with van der Waals surface area (Å²) in [6.45, 7) is 2.70. The summed E-state index contributed by atoms with van der Waals surface area (Å²) >= 11 is 5.51. The van der Waals surface area contributed by atoms with Crippen molar-refractivity contribution in [3.05, 3.63) is 34.9 Å². The van der Waals surface area contributed by atoms with Crippen LogP contribution in [0.1, 0.15) is 63.9 Å². The summed E-state index contributed by atoms with van der Waals surface area (Å²) in [6, 6.07) is 7.90. The molecule has 0 saturated heterocycles. The van der Waals surface area contributed by atoms with Crippen molar-refractivity contribution in [1.29, 1.82) is 0 Å². The Labute approximate surface area is 172 Å². The standard InChI is InChI=1S/C15H22ClIO2.C5H10O2/c1-2-3-11-17-15(18)19-12-7-6-9-13-8-4-5-10-14(13)16;6-5(7)3-1-2-4-5/h4-5,8,10,17H,2-3,6-7,9,11-12H2,1H3;6-7H,1-4H2. The summed E-state index contributed by atoms with van der Waals surface area (Å²) < 4.78 is 6.38. The molecule has 1 saturated carbocycles. The molecule has 0 aromatic heterocycles. The summed E-state index contributed by atoms with van der Waals surface area (Å²) in [6.07, 6.45) is 8.24. The van der Waals surface area contributed by atoms with Crippen molar-refractivity contribution in [2.75, 3.05) is 11.0 Å². The first kappa shape index (κ1) is 23.7. The second-order valence-corrected chi connectivity index (χ2v) is 9.89. The van der Waals surface area contributed by atoms with Crippen LogP contribution in [0.2, 0.25) is 5.02 Å². The molecule has 0 amide bonds. The number of hydrogen-bond donors (Lipinski definition) is 2. The Morgan fingerprint density at radius 1 is 1.19 bits per heavy atom. The van der Waals surface area contributed by atoms with Crippen molar-refractivity contribution in [2.24, 2.45) is 0 Å². The smallest absolute Gasteiger partial charge is 0.162 e. The molecule has 150 valence electrons. The van der Waals surface area contributed by atoms with E-state index < -0.39 is 27.0 Å². The first-order valence-corrected chi connectivity index (χ1v) is 12.6. The summed E-state index contributed by atoms with van der Waals surface area (Å²) in [7, 11) is 0. The van der Waals surface area contributed by atoms with Crippen LogP contribution in [0.5, 0.6) is 0 Å². The maximum absolute atomic E-state index is 11.4. The van der Waals surface area contributed by atoms with Crippen LogP contribution in [0.25, 0.3) is 0 Å². The minimum atomic E-state index is -1.31. The zero-order valence-electron chi connectivity index (χ0n) is 15.6.